The van der Waals surface area contributed by atoms with Gasteiger partial charge in [-0.1, -0.05) is 24.3 Å². The number of halogens is 3. The molecule has 0 spiro atoms. The summed E-state index contributed by atoms with van der Waals surface area (Å²) >= 11 is 0. The highest BCUT2D eigenvalue weighted by atomic mass is 19.4. The average molecular weight is 217 g/mol. The van der Waals surface area contributed by atoms with Crippen molar-refractivity contribution in [2.45, 2.75) is 32.0 Å². The van der Waals surface area contributed by atoms with Crippen LogP contribution in [0.5, 0.6) is 0 Å². The lowest BCUT2D eigenvalue weighted by Gasteiger charge is -2.23. The van der Waals surface area contributed by atoms with Crippen molar-refractivity contribution in [2.75, 3.05) is 0 Å². The van der Waals surface area contributed by atoms with Crippen LogP contribution in [-0.4, -0.2) is 6.18 Å². The van der Waals surface area contributed by atoms with Crippen molar-refractivity contribution in [1.29, 1.82) is 0 Å². The standard InChI is InChI=1S/C11H14F3N/c1-10(2,15)9-6-4-3-5-8(9)7-11(12,13)14/h3-6H,7,15H2,1-2H3. The average Bonchev–Trinajstić information content (AvgIpc) is 1.99. The number of benzene rings is 1. The SMILES string of the molecule is CC(C)(N)c1ccccc1CC(F)(F)F. The highest BCUT2D eigenvalue weighted by Crippen LogP contribution is 2.27. The number of hydrogen-bond donors (Lipinski definition) is 1. The van der Waals surface area contributed by atoms with E-state index in [1.54, 1.807) is 32.0 Å². The molecule has 0 aliphatic rings. The van der Waals surface area contributed by atoms with Gasteiger partial charge in [-0.3, -0.25) is 0 Å². The van der Waals surface area contributed by atoms with Crippen molar-refractivity contribution in [2.24, 2.45) is 5.73 Å². The predicted octanol–water partition coefficient (Wildman–Crippen LogP) is 2.99. The number of hydrogen-bond acceptors (Lipinski definition) is 1. The molecule has 0 heterocycles. The van der Waals surface area contributed by atoms with Crippen LogP contribution < -0.4 is 5.73 Å². The molecule has 0 unspecified atom stereocenters. The summed E-state index contributed by atoms with van der Waals surface area (Å²) in [5.41, 5.74) is 5.85. The maximum Gasteiger partial charge on any atom is 0.393 e. The zero-order valence-corrected chi connectivity index (χ0v) is 8.73. The Labute approximate surface area is 87.1 Å². The van der Waals surface area contributed by atoms with Crippen LogP contribution in [0.3, 0.4) is 0 Å². The number of rotatable bonds is 2. The van der Waals surface area contributed by atoms with Gasteiger partial charge in [-0.2, -0.15) is 13.2 Å². The Morgan fingerprint density at radius 1 is 1.13 bits per heavy atom. The summed E-state index contributed by atoms with van der Waals surface area (Å²) in [6.07, 6.45) is -5.12. The molecule has 15 heavy (non-hydrogen) atoms. The van der Waals surface area contributed by atoms with Crippen LogP contribution in [0.15, 0.2) is 24.3 Å². The fourth-order valence-corrected chi connectivity index (χ4v) is 1.52. The van der Waals surface area contributed by atoms with E-state index in [2.05, 4.69) is 0 Å². The molecule has 1 aromatic rings. The summed E-state index contributed by atoms with van der Waals surface area (Å²) in [5, 5.41) is 0. The van der Waals surface area contributed by atoms with Crippen LogP contribution in [0, 0.1) is 0 Å². The molecule has 84 valence electrons. The third-order valence-corrected chi connectivity index (χ3v) is 2.10. The van der Waals surface area contributed by atoms with E-state index >= 15 is 0 Å². The van der Waals surface area contributed by atoms with Crippen LogP contribution in [0.1, 0.15) is 25.0 Å². The Bertz CT molecular complexity index is 336. The van der Waals surface area contributed by atoms with Crippen molar-refractivity contribution in [3.05, 3.63) is 35.4 Å². The minimum Gasteiger partial charge on any atom is -0.322 e. The van der Waals surface area contributed by atoms with E-state index in [-0.39, 0.29) is 5.56 Å². The highest BCUT2D eigenvalue weighted by molar-refractivity contribution is 5.33. The third-order valence-electron chi connectivity index (χ3n) is 2.10. The first-order valence-electron chi connectivity index (χ1n) is 4.64. The van der Waals surface area contributed by atoms with E-state index in [0.29, 0.717) is 5.56 Å². The molecule has 1 aromatic carbocycles. The molecule has 0 amide bonds. The summed E-state index contributed by atoms with van der Waals surface area (Å²) in [4.78, 5) is 0. The highest BCUT2D eigenvalue weighted by Gasteiger charge is 2.30. The van der Waals surface area contributed by atoms with Gasteiger partial charge in [-0.15, -0.1) is 0 Å². The summed E-state index contributed by atoms with van der Waals surface area (Å²) in [7, 11) is 0. The molecular formula is C11H14F3N. The lowest BCUT2D eigenvalue weighted by Crippen LogP contribution is -2.31. The first kappa shape index (κ1) is 12.0. The van der Waals surface area contributed by atoms with Gasteiger partial charge < -0.3 is 5.73 Å². The summed E-state index contributed by atoms with van der Waals surface area (Å²) < 4.78 is 36.8. The van der Waals surface area contributed by atoms with E-state index in [0.717, 1.165) is 0 Å². The van der Waals surface area contributed by atoms with Crippen LogP contribution in [0.2, 0.25) is 0 Å². The molecule has 0 aliphatic carbocycles. The fourth-order valence-electron chi connectivity index (χ4n) is 1.52. The summed E-state index contributed by atoms with van der Waals surface area (Å²) in [5.74, 6) is 0. The minimum atomic E-state index is -4.19. The van der Waals surface area contributed by atoms with Crippen LogP contribution in [0.4, 0.5) is 13.2 Å². The summed E-state index contributed by atoms with van der Waals surface area (Å²) in [6.45, 7) is 3.39. The largest absolute Gasteiger partial charge is 0.393 e. The van der Waals surface area contributed by atoms with Crippen LogP contribution >= 0.6 is 0 Å². The zero-order chi connectivity index (χ0) is 11.7. The van der Waals surface area contributed by atoms with Gasteiger partial charge in [0.1, 0.15) is 0 Å². The Morgan fingerprint density at radius 2 is 1.67 bits per heavy atom. The molecule has 0 saturated carbocycles. The second-order valence-corrected chi connectivity index (χ2v) is 4.17. The molecule has 1 rings (SSSR count). The Hall–Kier alpha value is -1.03. The molecule has 0 aromatic heterocycles. The van der Waals surface area contributed by atoms with E-state index in [9.17, 15) is 13.2 Å². The monoisotopic (exact) mass is 217 g/mol. The molecule has 0 fully saturated rings. The van der Waals surface area contributed by atoms with E-state index in [4.69, 9.17) is 5.73 Å². The first-order valence-corrected chi connectivity index (χ1v) is 4.64. The van der Waals surface area contributed by atoms with E-state index in [1.807, 2.05) is 0 Å². The molecule has 0 aliphatic heterocycles. The normalized spacial score (nSPS) is 12.9. The Morgan fingerprint density at radius 3 is 2.13 bits per heavy atom. The van der Waals surface area contributed by atoms with Crippen molar-refractivity contribution in [3.8, 4) is 0 Å². The molecule has 2 N–H and O–H groups in total. The minimum absolute atomic E-state index is 0.248. The second kappa shape index (κ2) is 3.85. The molecular weight excluding hydrogens is 203 g/mol. The molecule has 0 saturated heterocycles. The maximum atomic E-state index is 12.3. The number of nitrogens with two attached hydrogens (primary N) is 1. The Balaban J connectivity index is 3.08. The van der Waals surface area contributed by atoms with E-state index in [1.165, 1.54) is 6.07 Å². The topological polar surface area (TPSA) is 26.0 Å². The summed E-state index contributed by atoms with van der Waals surface area (Å²) in [6, 6.07) is 6.40. The molecule has 4 heteroatoms. The van der Waals surface area contributed by atoms with Gasteiger partial charge in [0.25, 0.3) is 0 Å². The maximum absolute atomic E-state index is 12.3. The van der Waals surface area contributed by atoms with Gasteiger partial charge >= 0.3 is 6.18 Å². The van der Waals surface area contributed by atoms with Gasteiger partial charge in [0.05, 0.1) is 6.42 Å². The first-order chi connectivity index (χ1) is 6.70. The fraction of sp³-hybridized carbons (Fsp3) is 0.455. The van der Waals surface area contributed by atoms with Crippen molar-refractivity contribution < 1.29 is 13.2 Å². The van der Waals surface area contributed by atoms with Crippen LogP contribution in [0.25, 0.3) is 0 Å². The van der Waals surface area contributed by atoms with Crippen molar-refractivity contribution in [1.82, 2.24) is 0 Å². The van der Waals surface area contributed by atoms with Gasteiger partial charge in [-0.25, -0.2) is 0 Å². The lowest BCUT2D eigenvalue weighted by molar-refractivity contribution is -0.127. The molecule has 0 radical (unpaired) electrons. The molecule has 1 nitrogen and oxygen atoms in total. The smallest absolute Gasteiger partial charge is 0.322 e. The Kier molecular flexibility index (Phi) is 3.09. The number of alkyl halides is 3. The lowest BCUT2D eigenvalue weighted by atomic mass is 9.89. The van der Waals surface area contributed by atoms with Gasteiger partial charge in [0.15, 0.2) is 0 Å². The molecule has 0 bridgehead atoms. The van der Waals surface area contributed by atoms with Gasteiger partial charge in [0, 0.05) is 5.54 Å². The third kappa shape index (κ3) is 3.55. The zero-order valence-electron chi connectivity index (χ0n) is 8.73. The second-order valence-electron chi connectivity index (χ2n) is 4.17. The van der Waals surface area contributed by atoms with Gasteiger partial charge in [-0.05, 0) is 25.0 Å². The van der Waals surface area contributed by atoms with E-state index < -0.39 is 18.1 Å². The predicted molar refractivity (Wildman–Crippen MR) is 53.4 cm³/mol. The van der Waals surface area contributed by atoms with Gasteiger partial charge in [0.2, 0.25) is 0 Å². The van der Waals surface area contributed by atoms with Crippen LogP contribution in [-0.2, 0) is 12.0 Å². The quantitative estimate of drug-likeness (QED) is 0.809. The molecule has 0 atom stereocenters. The van der Waals surface area contributed by atoms with Crippen molar-refractivity contribution in [3.63, 3.8) is 0 Å². The van der Waals surface area contributed by atoms with Crippen molar-refractivity contribution >= 4 is 0 Å².